The van der Waals surface area contributed by atoms with Crippen molar-refractivity contribution in [3.63, 3.8) is 0 Å². The van der Waals surface area contributed by atoms with Crippen LogP contribution in [0.25, 0.3) is 0 Å². The molecule has 118 valence electrons. The summed E-state index contributed by atoms with van der Waals surface area (Å²) in [6.45, 7) is 6.04. The van der Waals surface area contributed by atoms with E-state index in [1.165, 1.54) is 24.1 Å². The van der Waals surface area contributed by atoms with Crippen molar-refractivity contribution in [3.8, 4) is 0 Å². The zero-order valence-corrected chi connectivity index (χ0v) is 13.9. The molecule has 4 N–H and O–H groups in total. The second-order valence-corrected chi connectivity index (χ2v) is 7.74. The maximum atomic E-state index is 8.74. The molecule has 0 aliphatic heterocycles. The normalized spacial score (nSPS) is 15.4. The molecule has 0 unspecified atom stereocenters. The van der Waals surface area contributed by atoms with Crippen LogP contribution in [-0.4, -0.2) is 17.6 Å². The van der Waals surface area contributed by atoms with E-state index in [4.69, 9.17) is 10.9 Å². The van der Waals surface area contributed by atoms with Gasteiger partial charge in [-0.05, 0) is 50.3 Å². The number of nitrogens with one attached hydrogen (secondary N) is 1. The molecular weight excluding hydrogens is 282 g/mol. The topological polar surface area (TPSA) is 70.6 Å². The lowest BCUT2D eigenvalue weighted by Gasteiger charge is -2.22. The van der Waals surface area contributed by atoms with E-state index in [1.54, 1.807) is 10.4 Å². The molecule has 0 spiro atoms. The first kappa shape index (κ1) is 16.3. The number of thiophene rings is 1. The van der Waals surface area contributed by atoms with Gasteiger partial charge < -0.3 is 16.3 Å². The van der Waals surface area contributed by atoms with Gasteiger partial charge in [0.1, 0.15) is 5.84 Å². The standard InChI is InChI=1S/C16H27N3OS/c1-16(2,15(17)19-20)8-3-4-9-18-11-13-10-12-6-5-7-14(12)21-13/h10,18,20H,3-9,11H2,1-2H3,(H2,17,19). The number of rotatable bonds is 8. The minimum Gasteiger partial charge on any atom is -0.409 e. The first-order valence-electron chi connectivity index (χ1n) is 7.82. The Hall–Kier alpha value is -1.07. The number of oxime groups is 1. The largest absolute Gasteiger partial charge is 0.409 e. The highest BCUT2D eigenvalue weighted by molar-refractivity contribution is 7.12. The SMILES string of the molecule is CC(C)(CCCCNCc1cc2c(s1)CCC2)C(N)=NO. The van der Waals surface area contributed by atoms with Crippen LogP contribution in [0.5, 0.6) is 0 Å². The van der Waals surface area contributed by atoms with E-state index in [9.17, 15) is 0 Å². The van der Waals surface area contributed by atoms with Crippen LogP contribution in [0.3, 0.4) is 0 Å². The first-order valence-corrected chi connectivity index (χ1v) is 8.64. The molecule has 0 radical (unpaired) electrons. The van der Waals surface area contributed by atoms with Gasteiger partial charge in [-0.3, -0.25) is 0 Å². The van der Waals surface area contributed by atoms with Crippen molar-refractivity contribution in [1.82, 2.24) is 5.32 Å². The maximum Gasteiger partial charge on any atom is 0.144 e. The van der Waals surface area contributed by atoms with Crippen LogP contribution in [0.4, 0.5) is 0 Å². The highest BCUT2D eigenvalue weighted by atomic mass is 32.1. The molecule has 2 rings (SSSR count). The lowest BCUT2D eigenvalue weighted by Crippen LogP contribution is -2.32. The van der Waals surface area contributed by atoms with Crippen LogP contribution >= 0.6 is 11.3 Å². The maximum absolute atomic E-state index is 8.74. The van der Waals surface area contributed by atoms with E-state index >= 15 is 0 Å². The van der Waals surface area contributed by atoms with Gasteiger partial charge in [-0.2, -0.15) is 0 Å². The minimum atomic E-state index is -0.219. The number of hydrogen-bond acceptors (Lipinski definition) is 4. The summed E-state index contributed by atoms with van der Waals surface area (Å²) in [5, 5.41) is 15.4. The average Bonchev–Trinajstić information content (AvgIpc) is 3.02. The van der Waals surface area contributed by atoms with Crippen LogP contribution in [-0.2, 0) is 19.4 Å². The fourth-order valence-corrected chi connectivity index (χ4v) is 4.00. The van der Waals surface area contributed by atoms with Gasteiger partial charge in [0.2, 0.25) is 0 Å². The van der Waals surface area contributed by atoms with Gasteiger partial charge in [0.05, 0.1) is 0 Å². The molecule has 0 saturated heterocycles. The van der Waals surface area contributed by atoms with Gasteiger partial charge in [-0.15, -0.1) is 11.3 Å². The quantitative estimate of drug-likeness (QED) is 0.227. The number of nitrogens with two attached hydrogens (primary N) is 1. The zero-order chi connectivity index (χ0) is 15.3. The van der Waals surface area contributed by atoms with Gasteiger partial charge in [0.15, 0.2) is 0 Å². The molecule has 1 aliphatic carbocycles. The molecule has 0 bridgehead atoms. The molecule has 0 aromatic carbocycles. The molecule has 1 heterocycles. The summed E-state index contributed by atoms with van der Waals surface area (Å²) in [6, 6.07) is 2.38. The average molecular weight is 309 g/mol. The van der Waals surface area contributed by atoms with Crippen molar-refractivity contribution in [2.75, 3.05) is 6.54 Å². The summed E-state index contributed by atoms with van der Waals surface area (Å²) in [4.78, 5) is 3.07. The Morgan fingerprint density at radius 2 is 2.24 bits per heavy atom. The van der Waals surface area contributed by atoms with Gasteiger partial charge in [0.25, 0.3) is 0 Å². The Bertz CT molecular complexity index is 472. The van der Waals surface area contributed by atoms with Gasteiger partial charge >= 0.3 is 0 Å². The van der Waals surface area contributed by atoms with E-state index < -0.39 is 0 Å². The van der Waals surface area contributed by atoms with Crippen LogP contribution in [0.15, 0.2) is 11.2 Å². The van der Waals surface area contributed by atoms with Crippen LogP contribution in [0.2, 0.25) is 0 Å². The Morgan fingerprint density at radius 3 is 2.95 bits per heavy atom. The Kier molecular flexibility index (Phi) is 5.65. The fourth-order valence-electron chi connectivity index (χ4n) is 2.77. The first-order chi connectivity index (χ1) is 10.0. The molecule has 1 aromatic heterocycles. The molecule has 0 atom stereocenters. The van der Waals surface area contributed by atoms with E-state index in [1.807, 2.05) is 25.2 Å². The third kappa shape index (κ3) is 4.45. The molecule has 21 heavy (non-hydrogen) atoms. The Labute approximate surface area is 131 Å². The van der Waals surface area contributed by atoms with Crippen molar-refractivity contribution in [2.24, 2.45) is 16.3 Å². The van der Waals surface area contributed by atoms with Crippen molar-refractivity contribution in [2.45, 2.75) is 58.9 Å². The van der Waals surface area contributed by atoms with Crippen LogP contribution in [0.1, 0.15) is 54.8 Å². The van der Waals surface area contributed by atoms with E-state index in [-0.39, 0.29) is 5.41 Å². The fraction of sp³-hybridized carbons (Fsp3) is 0.688. The van der Waals surface area contributed by atoms with Gasteiger partial charge in [0, 0.05) is 21.7 Å². The summed E-state index contributed by atoms with van der Waals surface area (Å²) >= 11 is 1.97. The van der Waals surface area contributed by atoms with Gasteiger partial charge in [-0.25, -0.2) is 0 Å². The molecule has 5 heteroatoms. The van der Waals surface area contributed by atoms with Crippen molar-refractivity contribution < 1.29 is 5.21 Å². The van der Waals surface area contributed by atoms with Crippen LogP contribution < -0.4 is 11.1 Å². The third-order valence-corrected chi connectivity index (χ3v) is 5.54. The Balaban J connectivity index is 1.60. The predicted molar refractivity (Wildman–Crippen MR) is 89.1 cm³/mol. The third-order valence-electron chi connectivity index (χ3n) is 4.30. The second-order valence-electron chi connectivity index (χ2n) is 6.52. The van der Waals surface area contributed by atoms with Crippen molar-refractivity contribution >= 4 is 17.2 Å². The summed E-state index contributed by atoms with van der Waals surface area (Å²) in [5.41, 5.74) is 7.05. The monoisotopic (exact) mass is 309 g/mol. The summed E-state index contributed by atoms with van der Waals surface area (Å²) in [7, 11) is 0. The lowest BCUT2D eigenvalue weighted by atomic mass is 9.86. The molecule has 4 nitrogen and oxygen atoms in total. The summed E-state index contributed by atoms with van der Waals surface area (Å²) in [5.74, 6) is 0.323. The van der Waals surface area contributed by atoms with Crippen molar-refractivity contribution in [3.05, 3.63) is 21.4 Å². The lowest BCUT2D eigenvalue weighted by molar-refractivity contribution is 0.304. The molecule has 0 saturated carbocycles. The highest BCUT2D eigenvalue weighted by Crippen LogP contribution is 2.30. The van der Waals surface area contributed by atoms with E-state index in [0.29, 0.717) is 5.84 Å². The zero-order valence-electron chi connectivity index (χ0n) is 13.1. The molecule has 1 aromatic rings. The highest BCUT2D eigenvalue weighted by Gasteiger charge is 2.22. The molecule has 0 amide bonds. The van der Waals surface area contributed by atoms with Crippen molar-refractivity contribution in [1.29, 1.82) is 0 Å². The van der Waals surface area contributed by atoms with E-state index in [0.717, 1.165) is 32.4 Å². The van der Waals surface area contributed by atoms with Crippen LogP contribution in [0, 0.1) is 5.41 Å². The number of fused-ring (bicyclic) bond motifs is 1. The number of hydrogen-bond donors (Lipinski definition) is 3. The predicted octanol–water partition coefficient (Wildman–Crippen LogP) is 3.27. The van der Waals surface area contributed by atoms with E-state index in [2.05, 4.69) is 16.5 Å². The Morgan fingerprint density at radius 1 is 1.43 bits per heavy atom. The molecule has 1 aliphatic rings. The second kappa shape index (κ2) is 7.27. The molecular formula is C16H27N3OS. The number of amidine groups is 1. The summed E-state index contributed by atoms with van der Waals surface area (Å²) < 4.78 is 0. The summed E-state index contributed by atoms with van der Waals surface area (Å²) in [6.07, 6.45) is 7.03. The van der Waals surface area contributed by atoms with Gasteiger partial charge in [-0.1, -0.05) is 25.4 Å². The minimum absolute atomic E-state index is 0.219. The number of unbranched alkanes of at least 4 members (excludes halogenated alkanes) is 1. The number of nitrogens with zero attached hydrogens (tertiary/aromatic N) is 1. The smallest absolute Gasteiger partial charge is 0.144 e. The number of aryl methyl sites for hydroxylation is 2. The molecule has 0 fully saturated rings.